The van der Waals surface area contributed by atoms with Gasteiger partial charge in [-0.15, -0.1) is 0 Å². The molecular formula is C14H19FO2. The number of aliphatic hydroxyl groups excluding tert-OH is 1. The third-order valence-corrected chi connectivity index (χ3v) is 2.58. The number of halogens is 1. The first-order valence-corrected chi connectivity index (χ1v) is 5.71. The number of hydrogen-bond acceptors (Lipinski definition) is 2. The molecule has 0 heterocycles. The average molecular weight is 238 g/mol. The standard InChI is InChI=1S/C14H19FO2/c1-4-17-13-7-5-11(6-8-13)14(2,3)9-12(15)10-16/h5-9,16H,4,10H2,1-3H3/b12-9-. The van der Waals surface area contributed by atoms with Crippen LogP contribution in [-0.2, 0) is 5.41 Å². The van der Waals surface area contributed by atoms with E-state index in [-0.39, 0.29) is 0 Å². The van der Waals surface area contributed by atoms with Gasteiger partial charge in [-0.1, -0.05) is 26.0 Å². The van der Waals surface area contributed by atoms with E-state index in [0.29, 0.717) is 6.61 Å². The second-order valence-corrected chi connectivity index (χ2v) is 4.43. The summed E-state index contributed by atoms with van der Waals surface area (Å²) in [7, 11) is 0. The predicted molar refractivity (Wildman–Crippen MR) is 66.9 cm³/mol. The molecule has 0 spiro atoms. The highest BCUT2D eigenvalue weighted by Crippen LogP contribution is 2.28. The van der Waals surface area contributed by atoms with E-state index in [9.17, 15) is 4.39 Å². The van der Waals surface area contributed by atoms with Crippen molar-refractivity contribution in [1.82, 2.24) is 0 Å². The molecule has 94 valence electrons. The fourth-order valence-electron chi connectivity index (χ4n) is 1.67. The van der Waals surface area contributed by atoms with Gasteiger partial charge in [0.15, 0.2) is 0 Å². The number of benzene rings is 1. The van der Waals surface area contributed by atoms with E-state index in [1.165, 1.54) is 6.08 Å². The Kier molecular flexibility index (Phi) is 4.70. The minimum atomic E-state index is -0.555. The quantitative estimate of drug-likeness (QED) is 0.853. The van der Waals surface area contributed by atoms with Crippen LogP contribution in [0.4, 0.5) is 4.39 Å². The molecule has 0 unspecified atom stereocenters. The van der Waals surface area contributed by atoms with Gasteiger partial charge < -0.3 is 9.84 Å². The van der Waals surface area contributed by atoms with E-state index in [0.717, 1.165) is 11.3 Å². The molecule has 2 nitrogen and oxygen atoms in total. The lowest BCUT2D eigenvalue weighted by Gasteiger charge is -2.21. The molecule has 1 aromatic rings. The molecule has 0 saturated heterocycles. The van der Waals surface area contributed by atoms with E-state index in [1.54, 1.807) is 0 Å². The fourth-order valence-corrected chi connectivity index (χ4v) is 1.67. The zero-order valence-corrected chi connectivity index (χ0v) is 10.5. The monoisotopic (exact) mass is 238 g/mol. The Morgan fingerprint density at radius 1 is 1.35 bits per heavy atom. The molecule has 1 aromatic carbocycles. The van der Waals surface area contributed by atoms with Crippen LogP contribution in [-0.4, -0.2) is 18.3 Å². The zero-order valence-electron chi connectivity index (χ0n) is 10.5. The molecule has 0 fully saturated rings. The van der Waals surface area contributed by atoms with E-state index in [2.05, 4.69) is 0 Å². The summed E-state index contributed by atoms with van der Waals surface area (Å²) in [4.78, 5) is 0. The highest BCUT2D eigenvalue weighted by atomic mass is 19.1. The van der Waals surface area contributed by atoms with Crippen LogP contribution in [0.1, 0.15) is 26.3 Å². The third kappa shape index (κ3) is 3.86. The summed E-state index contributed by atoms with van der Waals surface area (Å²) in [6.07, 6.45) is 1.43. The van der Waals surface area contributed by atoms with Gasteiger partial charge in [0.05, 0.1) is 13.2 Å². The Labute approximate surface area is 102 Å². The number of rotatable bonds is 5. The van der Waals surface area contributed by atoms with Gasteiger partial charge in [-0.2, -0.15) is 0 Å². The first-order valence-electron chi connectivity index (χ1n) is 5.71. The van der Waals surface area contributed by atoms with Crippen LogP contribution in [0.2, 0.25) is 0 Å². The van der Waals surface area contributed by atoms with Crippen LogP contribution in [0.25, 0.3) is 0 Å². The smallest absolute Gasteiger partial charge is 0.122 e. The number of aliphatic hydroxyl groups is 1. The maximum absolute atomic E-state index is 13.1. The predicted octanol–water partition coefficient (Wildman–Crippen LogP) is 3.21. The molecule has 0 atom stereocenters. The highest BCUT2D eigenvalue weighted by molar-refractivity contribution is 5.34. The van der Waals surface area contributed by atoms with Crippen molar-refractivity contribution in [3.05, 3.63) is 41.7 Å². The molecule has 0 bridgehead atoms. The van der Waals surface area contributed by atoms with E-state index in [4.69, 9.17) is 9.84 Å². The Bertz CT molecular complexity index is 380. The summed E-state index contributed by atoms with van der Waals surface area (Å²) < 4.78 is 18.4. The van der Waals surface area contributed by atoms with Gasteiger partial charge in [0.25, 0.3) is 0 Å². The lowest BCUT2D eigenvalue weighted by Crippen LogP contribution is -2.14. The molecule has 0 aliphatic carbocycles. The summed E-state index contributed by atoms with van der Waals surface area (Å²) in [5, 5.41) is 8.70. The van der Waals surface area contributed by atoms with E-state index >= 15 is 0 Å². The second kappa shape index (κ2) is 5.82. The van der Waals surface area contributed by atoms with Gasteiger partial charge in [0, 0.05) is 5.41 Å². The molecule has 0 saturated carbocycles. The minimum absolute atomic E-state index is 0.447. The van der Waals surface area contributed by atoms with Gasteiger partial charge >= 0.3 is 0 Å². The van der Waals surface area contributed by atoms with Gasteiger partial charge in [0.1, 0.15) is 11.6 Å². The summed E-state index contributed by atoms with van der Waals surface area (Å²) in [5.41, 5.74) is 0.530. The fraction of sp³-hybridized carbons (Fsp3) is 0.429. The molecule has 1 N–H and O–H groups in total. The van der Waals surface area contributed by atoms with E-state index < -0.39 is 17.8 Å². The summed E-state index contributed by atoms with van der Waals surface area (Å²) in [6.45, 7) is 5.80. The molecule has 0 amide bonds. The first-order chi connectivity index (χ1) is 7.99. The first kappa shape index (κ1) is 13.7. The van der Waals surface area contributed by atoms with Crippen molar-refractivity contribution >= 4 is 0 Å². The lowest BCUT2D eigenvalue weighted by molar-refractivity contribution is 0.295. The molecular weight excluding hydrogens is 219 g/mol. The van der Waals surface area contributed by atoms with Gasteiger partial charge in [-0.25, -0.2) is 4.39 Å². The van der Waals surface area contributed by atoms with Crippen molar-refractivity contribution in [3.63, 3.8) is 0 Å². The van der Waals surface area contributed by atoms with Crippen molar-refractivity contribution in [3.8, 4) is 5.75 Å². The number of allylic oxidation sites excluding steroid dienone is 1. The zero-order chi connectivity index (χ0) is 12.9. The Balaban J connectivity index is 2.91. The van der Waals surface area contributed by atoms with Crippen molar-refractivity contribution in [2.24, 2.45) is 0 Å². The lowest BCUT2D eigenvalue weighted by atomic mass is 9.84. The minimum Gasteiger partial charge on any atom is -0.494 e. The van der Waals surface area contributed by atoms with E-state index in [1.807, 2.05) is 45.0 Å². The highest BCUT2D eigenvalue weighted by Gasteiger charge is 2.18. The topological polar surface area (TPSA) is 29.5 Å². The molecule has 1 rings (SSSR count). The summed E-state index contributed by atoms with van der Waals surface area (Å²) in [5.74, 6) is 0.294. The van der Waals surface area contributed by atoms with Gasteiger partial charge in [-0.05, 0) is 30.7 Å². The van der Waals surface area contributed by atoms with Crippen molar-refractivity contribution in [2.75, 3.05) is 13.2 Å². The van der Waals surface area contributed by atoms with Crippen LogP contribution in [0.15, 0.2) is 36.2 Å². The maximum atomic E-state index is 13.1. The van der Waals surface area contributed by atoms with Gasteiger partial charge in [0.2, 0.25) is 0 Å². The van der Waals surface area contributed by atoms with Gasteiger partial charge in [-0.3, -0.25) is 0 Å². The Hall–Kier alpha value is -1.35. The van der Waals surface area contributed by atoms with Crippen LogP contribution in [0.5, 0.6) is 5.75 Å². The summed E-state index contributed by atoms with van der Waals surface area (Å²) >= 11 is 0. The molecule has 0 aromatic heterocycles. The maximum Gasteiger partial charge on any atom is 0.122 e. The molecule has 0 aliphatic heterocycles. The van der Waals surface area contributed by atoms with Crippen molar-refractivity contribution in [2.45, 2.75) is 26.2 Å². The second-order valence-electron chi connectivity index (χ2n) is 4.43. The van der Waals surface area contributed by atoms with Crippen LogP contribution < -0.4 is 4.74 Å². The molecule has 0 radical (unpaired) electrons. The molecule has 17 heavy (non-hydrogen) atoms. The van der Waals surface area contributed by atoms with Crippen LogP contribution in [0, 0.1) is 0 Å². The van der Waals surface area contributed by atoms with Crippen LogP contribution >= 0.6 is 0 Å². The third-order valence-electron chi connectivity index (χ3n) is 2.58. The van der Waals surface area contributed by atoms with Crippen molar-refractivity contribution < 1.29 is 14.2 Å². The Morgan fingerprint density at radius 2 is 1.94 bits per heavy atom. The SMILES string of the molecule is CCOc1ccc(C(C)(C)/C=C(\F)CO)cc1. The Morgan fingerprint density at radius 3 is 2.41 bits per heavy atom. The molecule has 3 heteroatoms. The largest absolute Gasteiger partial charge is 0.494 e. The normalized spacial score (nSPS) is 12.6. The average Bonchev–Trinajstić information content (AvgIpc) is 2.29. The number of ether oxygens (including phenoxy) is 1. The summed E-state index contributed by atoms with van der Waals surface area (Å²) in [6, 6.07) is 7.55. The van der Waals surface area contributed by atoms with Crippen molar-refractivity contribution in [1.29, 1.82) is 0 Å². The molecule has 0 aliphatic rings. The van der Waals surface area contributed by atoms with Crippen LogP contribution in [0.3, 0.4) is 0 Å². The number of hydrogen-bond donors (Lipinski definition) is 1.